The molecule has 0 bridgehead atoms. The Morgan fingerprint density at radius 1 is 1.50 bits per heavy atom. The molecule has 1 saturated heterocycles. The molecule has 2 atom stereocenters. The summed E-state index contributed by atoms with van der Waals surface area (Å²) >= 11 is 5.93. The fraction of sp³-hybridized carbons (Fsp3) is 0.462. The molecule has 0 radical (unpaired) electrons. The van der Waals surface area contributed by atoms with Gasteiger partial charge in [0.15, 0.2) is 0 Å². The Morgan fingerprint density at radius 2 is 2.15 bits per heavy atom. The van der Waals surface area contributed by atoms with E-state index >= 15 is 0 Å². The molecular formula is C13H15ClN2O4. The fourth-order valence-electron chi connectivity index (χ4n) is 2.62. The van der Waals surface area contributed by atoms with Crippen LogP contribution in [-0.2, 0) is 4.79 Å². The van der Waals surface area contributed by atoms with Gasteiger partial charge in [-0.2, -0.15) is 0 Å². The average Bonchev–Trinajstić information content (AvgIpc) is 2.73. The molecule has 1 aromatic carbocycles. The van der Waals surface area contributed by atoms with Crippen LogP contribution in [0, 0.1) is 28.9 Å². The highest BCUT2D eigenvalue weighted by Crippen LogP contribution is 2.36. The predicted molar refractivity (Wildman–Crippen MR) is 75.3 cm³/mol. The van der Waals surface area contributed by atoms with E-state index < -0.39 is 16.8 Å². The van der Waals surface area contributed by atoms with Crippen molar-refractivity contribution in [2.45, 2.75) is 13.8 Å². The first-order valence-electron chi connectivity index (χ1n) is 6.23. The number of anilines is 1. The van der Waals surface area contributed by atoms with Gasteiger partial charge in [0.1, 0.15) is 5.02 Å². The molecular weight excluding hydrogens is 284 g/mol. The summed E-state index contributed by atoms with van der Waals surface area (Å²) in [5, 5.41) is 20.0. The van der Waals surface area contributed by atoms with E-state index in [1.54, 1.807) is 13.0 Å². The van der Waals surface area contributed by atoms with Crippen LogP contribution in [0.25, 0.3) is 0 Å². The summed E-state index contributed by atoms with van der Waals surface area (Å²) in [6.07, 6.45) is 0. The van der Waals surface area contributed by atoms with Gasteiger partial charge in [-0.25, -0.2) is 0 Å². The number of hydrogen-bond donors (Lipinski definition) is 1. The summed E-state index contributed by atoms with van der Waals surface area (Å²) in [6.45, 7) is 4.65. The van der Waals surface area contributed by atoms with E-state index in [1.165, 1.54) is 6.07 Å². The molecule has 1 N–H and O–H groups in total. The zero-order valence-electron chi connectivity index (χ0n) is 11.2. The molecule has 1 aliphatic heterocycles. The summed E-state index contributed by atoms with van der Waals surface area (Å²) < 4.78 is 0. The second kappa shape index (κ2) is 5.28. The fourth-order valence-corrected chi connectivity index (χ4v) is 2.85. The van der Waals surface area contributed by atoms with Crippen molar-refractivity contribution in [2.24, 2.45) is 11.8 Å². The number of carboxylic acid groups (broad SMARTS) is 1. The topological polar surface area (TPSA) is 83.7 Å². The summed E-state index contributed by atoms with van der Waals surface area (Å²) in [6, 6.07) is 2.97. The van der Waals surface area contributed by atoms with E-state index in [1.807, 2.05) is 11.8 Å². The molecule has 1 fully saturated rings. The standard InChI is InChI=1S/C13H15ClN2O4/c1-7-3-12(16(19)20)10(14)4-11(7)15-5-8(2)9(6-15)13(17)18/h3-4,8-9H,5-6H2,1-2H3,(H,17,18)/t8-,9-/m1/s1. The Morgan fingerprint density at radius 3 is 2.65 bits per heavy atom. The lowest BCUT2D eigenvalue weighted by atomic mass is 9.99. The van der Waals surface area contributed by atoms with Crippen LogP contribution < -0.4 is 4.90 Å². The van der Waals surface area contributed by atoms with Gasteiger partial charge < -0.3 is 10.0 Å². The van der Waals surface area contributed by atoms with Gasteiger partial charge in [0.2, 0.25) is 0 Å². The van der Waals surface area contributed by atoms with Crippen molar-refractivity contribution in [1.29, 1.82) is 0 Å². The molecule has 20 heavy (non-hydrogen) atoms. The number of nitro groups is 1. The molecule has 2 rings (SSSR count). The smallest absolute Gasteiger partial charge is 0.308 e. The quantitative estimate of drug-likeness (QED) is 0.685. The number of rotatable bonds is 3. The number of benzene rings is 1. The molecule has 1 heterocycles. The Hall–Kier alpha value is -1.82. The average molecular weight is 299 g/mol. The normalized spacial score (nSPS) is 22.1. The van der Waals surface area contributed by atoms with Crippen LogP contribution in [0.1, 0.15) is 12.5 Å². The minimum Gasteiger partial charge on any atom is -0.481 e. The lowest BCUT2D eigenvalue weighted by molar-refractivity contribution is -0.384. The predicted octanol–water partition coefficient (Wildman–Crippen LogP) is 2.71. The highest BCUT2D eigenvalue weighted by Gasteiger charge is 2.35. The van der Waals surface area contributed by atoms with Gasteiger partial charge in [-0.1, -0.05) is 18.5 Å². The first-order valence-corrected chi connectivity index (χ1v) is 6.61. The number of carbonyl (C=O) groups is 1. The first-order chi connectivity index (χ1) is 9.31. The van der Waals surface area contributed by atoms with E-state index in [9.17, 15) is 14.9 Å². The maximum absolute atomic E-state index is 11.1. The molecule has 0 aliphatic carbocycles. The van der Waals surface area contributed by atoms with Crippen molar-refractivity contribution in [3.05, 3.63) is 32.8 Å². The monoisotopic (exact) mass is 298 g/mol. The third kappa shape index (κ3) is 2.56. The van der Waals surface area contributed by atoms with Crippen molar-refractivity contribution < 1.29 is 14.8 Å². The molecule has 0 spiro atoms. The Labute approximate surface area is 121 Å². The lowest BCUT2D eigenvalue weighted by Gasteiger charge is -2.21. The van der Waals surface area contributed by atoms with Crippen LogP contribution in [-0.4, -0.2) is 29.1 Å². The molecule has 0 saturated carbocycles. The number of carboxylic acids is 1. The Bertz CT molecular complexity index is 576. The molecule has 0 unspecified atom stereocenters. The van der Waals surface area contributed by atoms with Gasteiger partial charge >= 0.3 is 5.97 Å². The van der Waals surface area contributed by atoms with Crippen LogP contribution >= 0.6 is 11.6 Å². The van der Waals surface area contributed by atoms with Gasteiger partial charge in [0, 0.05) is 24.8 Å². The number of hydrogen-bond acceptors (Lipinski definition) is 4. The van der Waals surface area contributed by atoms with Crippen LogP contribution in [0.5, 0.6) is 0 Å². The van der Waals surface area contributed by atoms with Crippen molar-refractivity contribution in [1.82, 2.24) is 0 Å². The minimum atomic E-state index is -0.814. The van der Waals surface area contributed by atoms with Crippen molar-refractivity contribution >= 4 is 28.9 Å². The van der Waals surface area contributed by atoms with E-state index in [0.29, 0.717) is 13.1 Å². The minimum absolute atomic E-state index is 0.0286. The third-order valence-electron chi connectivity index (χ3n) is 3.73. The number of aryl methyl sites for hydroxylation is 1. The van der Waals surface area contributed by atoms with Crippen molar-refractivity contribution in [2.75, 3.05) is 18.0 Å². The van der Waals surface area contributed by atoms with Gasteiger partial charge in [-0.3, -0.25) is 14.9 Å². The molecule has 0 amide bonds. The maximum Gasteiger partial charge on any atom is 0.308 e. The Balaban J connectivity index is 2.33. The van der Waals surface area contributed by atoms with Crippen LogP contribution in [0.15, 0.2) is 12.1 Å². The van der Waals surface area contributed by atoms with E-state index in [4.69, 9.17) is 16.7 Å². The molecule has 0 aromatic heterocycles. The van der Waals surface area contributed by atoms with Gasteiger partial charge in [0.25, 0.3) is 5.69 Å². The SMILES string of the molecule is Cc1cc([N+](=O)[O-])c(Cl)cc1N1C[C@@H](C)[C@H](C(=O)O)C1. The van der Waals surface area contributed by atoms with E-state index in [0.717, 1.165) is 11.3 Å². The van der Waals surface area contributed by atoms with Crippen LogP contribution in [0.2, 0.25) is 5.02 Å². The second-order valence-electron chi connectivity index (χ2n) is 5.17. The summed E-state index contributed by atoms with van der Waals surface area (Å²) in [5.74, 6) is -1.21. The third-order valence-corrected chi connectivity index (χ3v) is 4.04. The summed E-state index contributed by atoms with van der Waals surface area (Å²) in [7, 11) is 0. The molecule has 1 aliphatic rings. The lowest BCUT2D eigenvalue weighted by Crippen LogP contribution is -2.23. The van der Waals surface area contributed by atoms with Crippen LogP contribution in [0.3, 0.4) is 0 Å². The van der Waals surface area contributed by atoms with Gasteiger partial charge in [-0.05, 0) is 24.5 Å². The zero-order chi connectivity index (χ0) is 15.0. The number of nitro benzene ring substituents is 1. The number of halogens is 1. The van der Waals surface area contributed by atoms with Crippen molar-refractivity contribution in [3.63, 3.8) is 0 Å². The van der Waals surface area contributed by atoms with Crippen LogP contribution in [0.4, 0.5) is 11.4 Å². The number of nitrogens with zero attached hydrogens (tertiary/aromatic N) is 2. The summed E-state index contributed by atoms with van der Waals surface area (Å²) in [5.41, 5.74) is 1.35. The molecule has 6 nitrogen and oxygen atoms in total. The van der Waals surface area contributed by atoms with Crippen molar-refractivity contribution in [3.8, 4) is 0 Å². The van der Waals surface area contributed by atoms with E-state index in [2.05, 4.69) is 0 Å². The molecule has 1 aromatic rings. The Kier molecular flexibility index (Phi) is 3.85. The zero-order valence-corrected chi connectivity index (χ0v) is 11.9. The van der Waals surface area contributed by atoms with E-state index in [-0.39, 0.29) is 16.6 Å². The highest BCUT2D eigenvalue weighted by molar-refractivity contribution is 6.33. The largest absolute Gasteiger partial charge is 0.481 e. The molecule has 108 valence electrons. The second-order valence-corrected chi connectivity index (χ2v) is 5.58. The molecule has 7 heteroatoms. The first kappa shape index (κ1) is 14.6. The van der Waals surface area contributed by atoms with Gasteiger partial charge in [0.05, 0.1) is 10.8 Å². The highest BCUT2D eigenvalue weighted by atomic mass is 35.5. The summed E-state index contributed by atoms with van der Waals surface area (Å²) in [4.78, 5) is 23.4. The number of aliphatic carboxylic acids is 1. The van der Waals surface area contributed by atoms with Gasteiger partial charge in [-0.15, -0.1) is 0 Å². The maximum atomic E-state index is 11.1.